The molecule has 2 N–H and O–H groups in total. The van der Waals surface area contributed by atoms with Crippen LogP contribution in [0.5, 0.6) is 0 Å². The molecule has 0 aliphatic rings. The van der Waals surface area contributed by atoms with Gasteiger partial charge < -0.3 is 4.98 Å². The van der Waals surface area contributed by atoms with Crippen molar-refractivity contribution in [3.05, 3.63) is 89.5 Å². The second-order valence-electron chi connectivity index (χ2n) is 6.29. The quantitative estimate of drug-likeness (QED) is 0.424. The molecule has 0 fully saturated rings. The molecule has 0 aliphatic heterocycles. The lowest BCUT2D eigenvalue weighted by atomic mass is 10.2. The van der Waals surface area contributed by atoms with Gasteiger partial charge >= 0.3 is 0 Å². The maximum absolute atomic E-state index is 12.4. The molecule has 0 saturated heterocycles. The minimum Gasteiger partial charge on any atom is -0.338 e. The van der Waals surface area contributed by atoms with E-state index < -0.39 is 0 Å². The lowest BCUT2D eigenvalue weighted by Gasteiger charge is -2.00. The number of fused-ring (bicyclic) bond motifs is 1. The number of rotatable bonds is 4. The summed E-state index contributed by atoms with van der Waals surface area (Å²) in [4.78, 5) is 20.2. The standard InChI is InChI=1S/C22H18N4O/c1-15-7-9-16(10-8-15)14-23-26-22(27)18-11-12-19-20(13-18)25-21(24-19)17-5-3-2-4-6-17/h2-14H,1H3,(H,24,25)(H,26,27)/b23-14+. The number of benzene rings is 3. The molecule has 3 aromatic carbocycles. The lowest BCUT2D eigenvalue weighted by molar-refractivity contribution is 0.0955. The molecule has 0 unspecified atom stereocenters. The topological polar surface area (TPSA) is 70.1 Å². The Bertz CT molecular complexity index is 1110. The van der Waals surface area contributed by atoms with Crippen LogP contribution in [0.2, 0.25) is 0 Å². The minimum atomic E-state index is -0.267. The first-order valence-corrected chi connectivity index (χ1v) is 8.64. The number of aryl methyl sites for hydroxylation is 1. The highest BCUT2D eigenvalue weighted by molar-refractivity contribution is 5.98. The molecule has 0 aliphatic carbocycles. The van der Waals surface area contributed by atoms with Gasteiger partial charge in [0.2, 0.25) is 0 Å². The fourth-order valence-electron chi connectivity index (χ4n) is 2.77. The zero-order valence-corrected chi connectivity index (χ0v) is 14.8. The number of hydrogen-bond donors (Lipinski definition) is 2. The number of amides is 1. The molecular formula is C22H18N4O. The zero-order chi connectivity index (χ0) is 18.6. The van der Waals surface area contributed by atoms with Gasteiger partial charge in [-0.3, -0.25) is 4.79 Å². The van der Waals surface area contributed by atoms with E-state index in [4.69, 9.17) is 0 Å². The summed E-state index contributed by atoms with van der Waals surface area (Å²) in [6.07, 6.45) is 1.62. The van der Waals surface area contributed by atoms with Crippen molar-refractivity contribution >= 4 is 23.2 Å². The summed E-state index contributed by atoms with van der Waals surface area (Å²) in [5.74, 6) is 0.511. The first-order valence-electron chi connectivity index (χ1n) is 8.64. The Morgan fingerprint density at radius 1 is 1.04 bits per heavy atom. The molecule has 0 radical (unpaired) electrons. The normalized spacial score (nSPS) is 11.1. The van der Waals surface area contributed by atoms with Crippen molar-refractivity contribution in [3.63, 3.8) is 0 Å². The minimum absolute atomic E-state index is 0.267. The smallest absolute Gasteiger partial charge is 0.271 e. The number of nitrogens with one attached hydrogen (secondary N) is 2. The SMILES string of the molecule is Cc1ccc(/C=N/NC(=O)c2ccc3nc(-c4ccccc4)[nH]c3c2)cc1. The summed E-state index contributed by atoms with van der Waals surface area (Å²) in [5.41, 5.74) is 7.81. The zero-order valence-electron chi connectivity index (χ0n) is 14.8. The Balaban J connectivity index is 1.51. The lowest BCUT2D eigenvalue weighted by Crippen LogP contribution is -2.17. The molecule has 1 amide bonds. The van der Waals surface area contributed by atoms with E-state index in [1.165, 1.54) is 5.56 Å². The Morgan fingerprint density at radius 2 is 1.81 bits per heavy atom. The molecule has 132 valence electrons. The number of carbonyl (C=O) groups is 1. The van der Waals surface area contributed by atoms with Gasteiger partial charge in [-0.2, -0.15) is 5.10 Å². The van der Waals surface area contributed by atoms with Crippen molar-refractivity contribution in [1.29, 1.82) is 0 Å². The molecule has 1 heterocycles. The van der Waals surface area contributed by atoms with E-state index in [0.717, 1.165) is 28.0 Å². The molecule has 5 heteroatoms. The molecule has 4 aromatic rings. The largest absolute Gasteiger partial charge is 0.338 e. The highest BCUT2D eigenvalue weighted by atomic mass is 16.2. The predicted octanol–water partition coefficient (Wildman–Crippen LogP) is 4.30. The summed E-state index contributed by atoms with van der Waals surface area (Å²) < 4.78 is 0. The number of hydrazone groups is 1. The van der Waals surface area contributed by atoms with Crippen LogP contribution in [-0.2, 0) is 0 Å². The van der Waals surface area contributed by atoms with Crippen molar-refractivity contribution in [2.75, 3.05) is 0 Å². The van der Waals surface area contributed by atoms with E-state index in [1.54, 1.807) is 18.3 Å². The van der Waals surface area contributed by atoms with E-state index in [-0.39, 0.29) is 5.91 Å². The van der Waals surface area contributed by atoms with Crippen molar-refractivity contribution < 1.29 is 4.79 Å². The van der Waals surface area contributed by atoms with Gasteiger partial charge in [-0.25, -0.2) is 10.4 Å². The fraction of sp³-hybridized carbons (Fsp3) is 0.0455. The molecule has 0 bridgehead atoms. The third-order valence-corrected chi connectivity index (χ3v) is 4.25. The van der Waals surface area contributed by atoms with Crippen molar-refractivity contribution in [3.8, 4) is 11.4 Å². The molecule has 4 rings (SSSR count). The van der Waals surface area contributed by atoms with Crippen molar-refractivity contribution in [2.45, 2.75) is 6.92 Å². The van der Waals surface area contributed by atoms with Gasteiger partial charge in [0.15, 0.2) is 0 Å². The Hall–Kier alpha value is -3.73. The number of nitrogens with zero attached hydrogens (tertiary/aromatic N) is 2. The molecule has 0 atom stereocenters. The second kappa shape index (κ2) is 7.25. The maximum atomic E-state index is 12.4. The fourth-order valence-corrected chi connectivity index (χ4v) is 2.77. The highest BCUT2D eigenvalue weighted by Gasteiger charge is 2.09. The monoisotopic (exact) mass is 354 g/mol. The molecule has 1 aromatic heterocycles. The number of carbonyl (C=O) groups excluding carboxylic acids is 1. The molecular weight excluding hydrogens is 336 g/mol. The van der Waals surface area contributed by atoms with Crippen LogP contribution < -0.4 is 5.43 Å². The number of aromatic nitrogens is 2. The van der Waals surface area contributed by atoms with Crippen LogP contribution in [-0.4, -0.2) is 22.1 Å². The van der Waals surface area contributed by atoms with E-state index in [9.17, 15) is 4.79 Å². The average molecular weight is 354 g/mol. The van der Waals surface area contributed by atoms with Crippen LogP contribution in [0.3, 0.4) is 0 Å². The Morgan fingerprint density at radius 3 is 2.59 bits per heavy atom. The number of H-pyrrole nitrogens is 1. The summed E-state index contributed by atoms with van der Waals surface area (Å²) in [6.45, 7) is 2.03. The second-order valence-corrected chi connectivity index (χ2v) is 6.29. The van der Waals surface area contributed by atoms with Crippen LogP contribution in [0.1, 0.15) is 21.5 Å². The van der Waals surface area contributed by atoms with E-state index in [1.807, 2.05) is 67.6 Å². The van der Waals surface area contributed by atoms with Crippen LogP contribution in [0.25, 0.3) is 22.4 Å². The number of hydrogen-bond acceptors (Lipinski definition) is 3. The molecule has 0 saturated carbocycles. The van der Waals surface area contributed by atoms with Gasteiger partial charge in [0.25, 0.3) is 5.91 Å². The first kappa shape index (κ1) is 16.7. The molecule has 0 spiro atoms. The number of aromatic amines is 1. The van der Waals surface area contributed by atoms with Gasteiger partial charge in [-0.1, -0.05) is 60.2 Å². The summed E-state index contributed by atoms with van der Waals surface area (Å²) in [7, 11) is 0. The van der Waals surface area contributed by atoms with Crippen LogP contribution in [0.15, 0.2) is 77.9 Å². The van der Waals surface area contributed by atoms with Crippen molar-refractivity contribution in [1.82, 2.24) is 15.4 Å². The van der Waals surface area contributed by atoms with Crippen molar-refractivity contribution in [2.24, 2.45) is 5.10 Å². The first-order chi connectivity index (χ1) is 13.2. The third kappa shape index (κ3) is 3.77. The van der Waals surface area contributed by atoms with E-state index in [2.05, 4.69) is 20.5 Å². The van der Waals surface area contributed by atoms with Crippen LogP contribution in [0.4, 0.5) is 0 Å². The third-order valence-electron chi connectivity index (χ3n) is 4.25. The number of imidazole rings is 1. The highest BCUT2D eigenvalue weighted by Crippen LogP contribution is 2.21. The van der Waals surface area contributed by atoms with Crippen LogP contribution in [0, 0.1) is 6.92 Å². The average Bonchev–Trinajstić information content (AvgIpc) is 3.13. The van der Waals surface area contributed by atoms with Crippen LogP contribution >= 0.6 is 0 Å². The van der Waals surface area contributed by atoms with E-state index >= 15 is 0 Å². The van der Waals surface area contributed by atoms with Gasteiger partial charge in [-0.15, -0.1) is 0 Å². The van der Waals surface area contributed by atoms with Gasteiger partial charge in [-0.05, 0) is 30.7 Å². The van der Waals surface area contributed by atoms with Gasteiger partial charge in [0, 0.05) is 11.1 Å². The molecule has 5 nitrogen and oxygen atoms in total. The predicted molar refractivity (Wildman–Crippen MR) is 108 cm³/mol. The summed E-state index contributed by atoms with van der Waals surface area (Å²) >= 11 is 0. The summed E-state index contributed by atoms with van der Waals surface area (Å²) in [5, 5.41) is 4.03. The van der Waals surface area contributed by atoms with Gasteiger partial charge in [0.05, 0.1) is 17.2 Å². The maximum Gasteiger partial charge on any atom is 0.271 e. The van der Waals surface area contributed by atoms with E-state index in [0.29, 0.717) is 5.56 Å². The van der Waals surface area contributed by atoms with Gasteiger partial charge in [0.1, 0.15) is 5.82 Å². The molecule has 27 heavy (non-hydrogen) atoms. The Kier molecular flexibility index (Phi) is 4.49. The Labute approximate surface area is 156 Å². The summed E-state index contributed by atoms with van der Waals surface area (Å²) in [6, 6.07) is 23.1.